The van der Waals surface area contributed by atoms with Gasteiger partial charge >= 0.3 is 0 Å². The molecular weight excluding hydrogens is 1820 g/mol. The van der Waals surface area contributed by atoms with E-state index < -0.39 is 0 Å². The van der Waals surface area contributed by atoms with Crippen LogP contribution in [0.15, 0.2) is 251 Å². The number of aromatic amines is 10. The molecule has 710 valence electrons. The second-order valence-corrected chi connectivity index (χ2v) is 33.7. The van der Waals surface area contributed by atoms with E-state index in [1.165, 1.54) is 38.5 Å². The van der Waals surface area contributed by atoms with Crippen LogP contribution < -0.4 is 40.1 Å². The van der Waals surface area contributed by atoms with Gasteiger partial charge in [0.1, 0.15) is 24.7 Å². The Balaban J connectivity index is 0.000000108. The number of aromatic nitrogens is 39. The molecule has 0 saturated carbocycles. The number of para-hydroxylation sites is 4. The Morgan fingerprint density at radius 3 is 1.05 bits per heavy atom. The maximum Gasteiger partial charge on any atom is 0.197 e. The first-order chi connectivity index (χ1) is 68.5. The number of nitrogens with two attached hydrogens (primary N) is 7. The van der Waals surface area contributed by atoms with Crippen LogP contribution in [-0.4, -0.2) is 195 Å². The molecular formula is C90H96N46O2S2. The van der Waals surface area contributed by atoms with E-state index >= 15 is 0 Å². The maximum atomic E-state index is 5.57. The van der Waals surface area contributed by atoms with E-state index in [0.29, 0.717) is 113 Å². The van der Waals surface area contributed by atoms with Crippen LogP contribution in [-0.2, 0) is 104 Å². The molecule has 0 spiro atoms. The van der Waals surface area contributed by atoms with Gasteiger partial charge in [0, 0.05) is 181 Å². The number of anilines is 7. The van der Waals surface area contributed by atoms with E-state index in [9.17, 15) is 0 Å². The zero-order valence-electron chi connectivity index (χ0n) is 75.1. The average molecular weight is 1920 g/mol. The maximum absolute atomic E-state index is 5.57. The normalized spacial score (nSPS) is 11.1. The number of imidazole rings is 8. The summed E-state index contributed by atoms with van der Waals surface area (Å²) in [6.07, 6.45) is 40.9. The molecule has 0 aliphatic carbocycles. The summed E-state index contributed by atoms with van der Waals surface area (Å²) in [7, 11) is 0. The fourth-order valence-corrected chi connectivity index (χ4v) is 16.2. The minimum atomic E-state index is 0.407. The molecule has 0 fully saturated rings. The molecule has 0 radical (unpaired) electrons. The monoisotopic (exact) mass is 1920 g/mol. The number of furan rings is 2. The van der Waals surface area contributed by atoms with E-state index in [2.05, 4.69) is 232 Å². The quantitative estimate of drug-likeness (QED) is 0.0199. The van der Waals surface area contributed by atoms with Crippen LogP contribution in [0.4, 0.5) is 41.6 Å². The number of rotatable bonds is 30. The van der Waals surface area contributed by atoms with E-state index in [-0.39, 0.29) is 0 Å². The Kier molecular flexibility index (Phi) is 29.1. The largest absolute Gasteiger partial charge is 0.472 e. The van der Waals surface area contributed by atoms with Crippen molar-refractivity contribution in [2.45, 2.75) is 104 Å². The van der Waals surface area contributed by atoms with Gasteiger partial charge in [0.25, 0.3) is 0 Å². The van der Waals surface area contributed by atoms with Gasteiger partial charge in [-0.25, -0.2) is 63.3 Å². The number of nitrogens with zero attached hydrogens (tertiary/aromatic N) is 29. The topological polar surface area (TPSA) is 684 Å². The Hall–Kier alpha value is -18.8. The Morgan fingerprint density at radius 2 is 0.664 bits per heavy atom. The van der Waals surface area contributed by atoms with Gasteiger partial charge in [-0.2, -0.15) is 22.7 Å². The Morgan fingerprint density at radius 1 is 0.307 bits per heavy atom. The number of thiophene rings is 2. The molecule has 21 heterocycles. The van der Waals surface area contributed by atoms with Gasteiger partial charge in [-0.15, -0.1) is 35.7 Å². The fourth-order valence-electron chi connectivity index (χ4n) is 14.8. The van der Waals surface area contributed by atoms with Crippen LogP contribution in [0.5, 0.6) is 0 Å². The lowest BCUT2D eigenvalue weighted by Gasteiger charge is -1.99. The molecule has 21 aromatic heterocycles. The number of hydrogen-bond acceptors (Lipinski definition) is 33. The minimum absolute atomic E-state index is 0.407. The number of nitrogens with one attached hydrogen (secondary N) is 10. The highest BCUT2D eigenvalue weighted by Crippen LogP contribution is 2.23. The fraction of sp³-hybridized carbons (Fsp3) is 0.178. The van der Waals surface area contributed by atoms with E-state index in [4.69, 9.17) is 49.0 Å². The van der Waals surface area contributed by atoms with E-state index in [1.54, 1.807) is 98.9 Å². The van der Waals surface area contributed by atoms with Gasteiger partial charge < -0.3 is 98.8 Å². The van der Waals surface area contributed by atoms with Gasteiger partial charge in [-0.05, 0) is 111 Å². The summed E-state index contributed by atoms with van der Waals surface area (Å²) in [6.45, 7) is 4.84. The molecule has 0 amide bonds. The molecule has 50 heteroatoms. The van der Waals surface area contributed by atoms with Crippen LogP contribution in [0.2, 0.25) is 0 Å². The van der Waals surface area contributed by atoms with Crippen molar-refractivity contribution < 1.29 is 8.83 Å². The number of nitrogen functional groups attached to an aromatic ring is 7. The van der Waals surface area contributed by atoms with Crippen LogP contribution in [0.1, 0.15) is 119 Å². The zero-order chi connectivity index (χ0) is 95.7. The second kappa shape index (κ2) is 44.4. The van der Waals surface area contributed by atoms with Crippen molar-refractivity contribution in [3.8, 4) is 0 Å². The summed E-state index contributed by atoms with van der Waals surface area (Å²) < 4.78 is 22.9. The molecule has 0 unspecified atom stereocenters. The molecule has 0 saturated heterocycles. The smallest absolute Gasteiger partial charge is 0.197 e. The molecule has 0 aliphatic heterocycles. The van der Waals surface area contributed by atoms with Gasteiger partial charge in [0.05, 0.1) is 133 Å². The SMILES string of the molecule is Nc1ncc(Cc2cn(CCc3c[nH]c4ccccc34)nn2)[nH]1.Nc1ncc(Cc2cn(CCc3ccsc3)nn2)[nH]1.Nc1ncc(Cc2cn(Cc3c[nH]c4ccccc34)nn2)[nH]1.Nc1ncc(Cc2cn(Cc3ccco3)nn2)[nH]1.Nc1ncc(Cc2cn(Cc3ccoc3)nn2)[nH]1.Nc1ncc(Cc2cn(Cc3ccsc3)nn2)[nH]1.Nc1ncc(Cc2cn(Cc3nc4ccccc4[nH]3)nn2)[nH]1. The van der Waals surface area contributed by atoms with Crippen LogP contribution in [0.3, 0.4) is 0 Å². The third-order valence-corrected chi connectivity index (χ3v) is 22.7. The summed E-state index contributed by atoms with van der Waals surface area (Å²) >= 11 is 3.40. The minimum Gasteiger partial charge on any atom is -0.472 e. The Labute approximate surface area is 801 Å². The predicted molar refractivity (Wildman–Crippen MR) is 522 cm³/mol. The third kappa shape index (κ3) is 26.2. The number of H-pyrrole nitrogens is 10. The highest BCUT2D eigenvalue weighted by atomic mass is 32.1. The first-order valence-electron chi connectivity index (χ1n) is 43.9. The summed E-state index contributed by atoms with van der Waals surface area (Å²) in [5.41, 5.74) is 61.8. The Bertz CT molecular complexity index is 7520. The first-order valence-corrected chi connectivity index (χ1v) is 45.8. The summed E-state index contributed by atoms with van der Waals surface area (Å²) in [6, 6.07) is 34.3. The van der Waals surface area contributed by atoms with Crippen LogP contribution >= 0.6 is 22.7 Å². The van der Waals surface area contributed by atoms with Crippen molar-refractivity contribution in [2.24, 2.45) is 0 Å². The van der Waals surface area contributed by atoms with Crippen molar-refractivity contribution in [3.05, 3.63) is 362 Å². The summed E-state index contributed by atoms with van der Waals surface area (Å²) in [5, 5.41) is 68.7. The lowest BCUT2D eigenvalue weighted by atomic mass is 10.1. The van der Waals surface area contributed by atoms with Crippen LogP contribution in [0, 0.1) is 0 Å². The highest BCUT2D eigenvalue weighted by Gasteiger charge is 2.16. The molecule has 24 aromatic rings. The van der Waals surface area contributed by atoms with Crippen LogP contribution in [0.25, 0.3) is 32.8 Å². The number of fused-ring (bicyclic) bond motifs is 3. The lowest BCUT2D eigenvalue weighted by molar-refractivity contribution is 0.475. The van der Waals surface area contributed by atoms with Gasteiger partial charge in [-0.1, -0.05) is 85.0 Å². The highest BCUT2D eigenvalue weighted by molar-refractivity contribution is 7.08. The molecule has 140 heavy (non-hydrogen) atoms. The molecule has 3 aromatic carbocycles. The molecule has 48 nitrogen and oxygen atoms in total. The number of aryl methyl sites for hydroxylation is 4. The molecule has 24 N–H and O–H groups in total. The van der Waals surface area contributed by atoms with Gasteiger partial charge in [0.15, 0.2) is 41.6 Å². The number of hydrogen-bond donors (Lipinski definition) is 17. The standard InChI is InChI=1S/C16H17N7.C15H15N7.C14H14N8.C12H14N6S.2C11H12N6O.C11H12N6S/c17-16-19-9-12(20-16)7-13-10-23(22-21-13)6-5-11-8-18-15-4-2-1-3-14(11)15;16-15-18-7-11(19-15)5-12-9-22(21-20-12)8-10-6-17-14-4-2-1-3-13(10)14;15-14-16-6-9(17-14)5-10-7-22(21-20-10)8-13-18-11-3-1-2-4-12(11)19-13;13-12-14-6-10(15-12)5-11-7-18(17-16-11)3-1-9-2-4-19-8-9;12-11-13-4-9(14-11)3-10-6-17(16-15-10)5-8-1-2-18-7-8;12-11-13-5-8(14-11)4-9-6-17(16-15-9)7-10-2-1-3-18-10;12-11-13-4-9(14-11)3-10-6-17(16-15-10)5-8-1-2-18-7-8/h1-4,8-10,18H,5-7H2,(H3,17,19,20);1-4,6-7,9,17H,5,8H2,(H3,16,18,19);1-4,6-7H,5,8H2,(H,18,19)(H3,15,16,17);2,4,6-8H,1,3,5H2,(H3,13,14,15);1-2,4,6-7H,3,5H2,(H3,12,13,14);1-3,5-6H,4,7H2,(H3,12,13,14);1-2,4,6-7H,3,5H2,(H3,12,13,14). The number of benzene rings is 3. The third-order valence-electron chi connectivity index (χ3n) is 21.2. The average Bonchev–Trinajstić information content (AvgIpc) is 1.68. The van der Waals surface area contributed by atoms with Crippen molar-refractivity contribution in [2.75, 3.05) is 40.1 Å². The first kappa shape index (κ1) is 91.7. The lowest BCUT2D eigenvalue weighted by Crippen LogP contribution is -2.02. The summed E-state index contributed by atoms with van der Waals surface area (Å²) in [5.74, 6) is 4.62. The molecule has 0 aliphatic rings. The van der Waals surface area contributed by atoms with Crippen molar-refractivity contribution >= 4 is 97.2 Å². The summed E-state index contributed by atoms with van der Waals surface area (Å²) in [4.78, 5) is 62.9. The zero-order valence-corrected chi connectivity index (χ0v) is 76.7. The molecule has 0 atom stereocenters. The van der Waals surface area contributed by atoms with Crippen molar-refractivity contribution in [1.82, 2.24) is 195 Å². The van der Waals surface area contributed by atoms with Crippen molar-refractivity contribution in [3.63, 3.8) is 0 Å². The van der Waals surface area contributed by atoms with E-state index in [0.717, 1.165) is 146 Å². The van der Waals surface area contributed by atoms with Gasteiger partial charge in [0.2, 0.25) is 0 Å². The molecule has 24 rings (SSSR count). The van der Waals surface area contributed by atoms with Crippen molar-refractivity contribution in [1.29, 1.82) is 0 Å². The second-order valence-electron chi connectivity index (χ2n) is 32.2. The predicted octanol–water partition coefficient (Wildman–Crippen LogP) is 9.09. The van der Waals surface area contributed by atoms with E-state index in [1.807, 2.05) is 129 Å². The van der Waals surface area contributed by atoms with Gasteiger partial charge in [-0.3, -0.25) is 9.36 Å². The molecule has 0 bridgehead atoms.